The second-order valence-electron chi connectivity index (χ2n) is 5.10. The molecule has 102 valence electrons. The lowest BCUT2D eigenvalue weighted by Crippen LogP contribution is -2.26. The number of hydrogen-bond acceptors (Lipinski definition) is 5. The summed E-state index contributed by atoms with van der Waals surface area (Å²) >= 11 is 2.01. The first-order valence-electron chi connectivity index (χ1n) is 6.73. The van der Waals surface area contributed by atoms with Gasteiger partial charge in [-0.15, -0.1) is 0 Å². The van der Waals surface area contributed by atoms with Crippen LogP contribution in [-0.2, 0) is 6.54 Å². The minimum Gasteiger partial charge on any atom is -0.432 e. The molecule has 0 aliphatic carbocycles. The van der Waals surface area contributed by atoms with Crippen molar-refractivity contribution in [2.45, 2.75) is 26.8 Å². The Labute approximate surface area is 114 Å². The minimum atomic E-state index is 0.666. The molecular formula is C13H23N3OS. The van der Waals surface area contributed by atoms with Crippen LogP contribution in [0.15, 0.2) is 10.7 Å². The molecule has 5 heteroatoms. The fourth-order valence-electron chi connectivity index (χ4n) is 1.95. The van der Waals surface area contributed by atoms with Gasteiger partial charge in [0.1, 0.15) is 6.26 Å². The molecule has 1 aliphatic rings. The van der Waals surface area contributed by atoms with Crippen molar-refractivity contribution >= 4 is 17.8 Å². The lowest BCUT2D eigenvalue weighted by molar-refractivity contribution is 0.530. The summed E-state index contributed by atoms with van der Waals surface area (Å²) in [7, 11) is 0. The van der Waals surface area contributed by atoms with Crippen LogP contribution in [-0.4, -0.2) is 36.1 Å². The van der Waals surface area contributed by atoms with Crippen LogP contribution in [0.2, 0.25) is 0 Å². The highest BCUT2D eigenvalue weighted by atomic mass is 32.2. The van der Waals surface area contributed by atoms with Crippen LogP contribution in [0.3, 0.4) is 0 Å². The molecule has 0 atom stereocenters. The molecule has 18 heavy (non-hydrogen) atoms. The molecule has 2 rings (SSSR count). The van der Waals surface area contributed by atoms with Crippen molar-refractivity contribution in [3.8, 4) is 0 Å². The van der Waals surface area contributed by atoms with Crippen LogP contribution in [0.1, 0.15) is 26.0 Å². The molecule has 1 fully saturated rings. The zero-order valence-corrected chi connectivity index (χ0v) is 12.1. The van der Waals surface area contributed by atoms with Crippen molar-refractivity contribution < 1.29 is 4.42 Å². The Bertz CT molecular complexity index is 346. The molecule has 1 aromatic heterocycles. The van der Waals surface area contributed by atoms with E-state index in [0.717, 1.165) is 37.9 Å². The number of hydrogen-bond donors (Lipinski definition) is 1. The van der Waals surface area contributed by atoms with Crippen molar-refractivity contribution in [1.29, 1.82) is 0 Å². The maximum Gasteiger partial charge on any atom is 0.297 e. The average molecular weight is 269 g/mol. The van der Waals surface area contributed by atoms with Gasteiger partial charge in [0.2, 0.25) is 0 Å². The van der Waals surface area contributed by atoms with Crippen LogP contribution < -0.4 is 10.2 Å². The van der Waals surface area contributed by atoms with Gasteiger partial charge < -0.3 is 14.6 Å². The Morgan fingerprint density at radius 3 is 3.17 bits per heavy atom. The lowest BCUT2D eigenvalue weighted by atomic mass is 10.2. The van der Waals surface area contributed by atoms with E-state index in [1.165, 1.54) is 17.9 Å². The largest absolute Gasteiger partial charge is 0.432 e. The van der Waals surface area contributed by atoms with E-state index in [4.69, 9.17) is 4.42 Å². The van der Waals surface area contributed by atoms with Crippen molar-refractivity contribution in [2.24, 2.45) is 5.92 Å². The fraction of sp³-hybridized carbons (Fsp3) is 0.769. The van der Waals surface area contributed by atoms with Crippen LogP contribution in [0, 0.1) is 5.92 Å². The van der Waals surface area contributed by atoms with Gasteiger partial charge in [-0.05, 0) is 24.6 Å². The molecule has 4 nitrogen and oxygen atoms in total. The Morgan fingerprint density at radius 2 is 2.33 bits per heavy atom. The van der Waals surface area contributed by atoms with Gasteiger partial charge in [-0.25, -0.2) is 0 Å². The molecule has 0 saturated carbocycles. The van der Waals surface area contributed by atoms with E-state index < -0.39 is 0 Å². The van der Waals surface area contributed by atoms with Crippen LogP contribution >= 0.6 is 11.8 Å². The summed E-state index contributed by atoms with van der Waals surface area (Å²) in [5, 5.41) is 3.38. The molecule has 1 aromatic rings. The fourth-order valence-corrected chi connectivity index (χ4v) is 2.84. The van der Waals surface area contributed by atoms with Gasteiger partial charge in [-0.3, -0.25) is 0 Å². The molecular weight excluding hydrogens is 246 g/mol. The van der Waals surface area contributed by atoms with Gasteiger partial charge in [0.25, 0.3) is 6.01 Å². The Morgan fingerprint density at radius 1 is 1.44 bits per heavy atom. The highest BCUT2D eigenvalue weighted by Crippen LogP contribution is 2.18. The van der Waals surface area contributed by atoms with E-state index in [1.807, 2.05) is 11.8 Å². The van der Waals surface area contributed by atoms with Gasteiger partial charge >= 0.3 is 0 Å². The van der Waals surface area contributed by atoms with Gasteiger partial charge in [0, 0.05) is 25.4 Å². The number of nitrogens with zero attached hydrogens (tertiary/aromatic N) is 2. The van der Waals surface area contributed by atoms with Gasteiger partial charge in [-0.1, -0.05) is 13.8 Å². The molecule has 0 spiro atoms. The van der Waals surface area contributed by atoms with E-state index >= 15 is 0 Å². The minimum absolute atomic E-state index is 0.666. The normalized spacial score (nSPS) is 17.2. The molecule has 0 amide bonds. The third-order valence-electron chi connectivity index (χ3n) is 2.89. The summed E-state index contributed by atoms with van der Waals surface area (Å²) in [6.45, 7) is 8.33. The maximum atomic E-state index is 5.58. The highest BCUT2D eigenvalue weighted by molar-refractivity contribution is 7.99. The molecule has 2 heterocycles. The first-order chi connectivity index (χ1) is 8.75. The molecule has 1 N–H and O–H groups in total. The number of oxazole rings is 1. The number of anilines is 1. The topological polar surface area (TPSA) is 41.3 Å². The molecule has 0 bridgehead atoms. The monoisotopic (exact) mass is 269 g/mol. The van der Waals surface area contributed by atoms with Crippen LogP contribution in [0.4, 0.5) is 6.01 Å². The summed E-state index contributed by atoms with van der Waals surface area (Å²) in [6, 6.07) is 0.791. The summed E-state index contributed by atoms with van der Waals surface area (Å²) in [5.74, 6) is 3.09. The maximum absolute atomic E-state index is 5.58. The van der Waals surface area contributed by atoms with E-state index in [1.54, 1.807) is 6.26 Å². The van der Waals surface area contributed by atoms with Crippen molar-refractivity contribution in [3.05, 3.63) is 12.0 Å². The second-order valence-corrected chi connectivity index (χ2v) is 6.32. The number of aromatic nitrogens is 1. The summed E-state index contributed by atoms with van der Waals surface area (Å²) in [6.07, 6.45) is 2.99. The quantitative estimate of drug-likeness (QED) is 0.888. The van der Waals surface area contributed by atoms with Crippen molar-refractivity contribution in [3.63, 3.8) is 0 Å². The molecule has 1 aliphatic heterocycles. The van der Waals surface area contributed by atoms with E-state index in [2.05, 4.69) is 29.0 Å². The zero-order valence-electron chi connectivity index (χ0n) is 11.3. The third-order valence-corrected chi connectivity index (χ3v) is 3.94. The SMILES string of the molecule is CC(C)CNCc1coc(N2CCCSCC2)n1. The summed E-state index contributed by atoms with van der Waals surface area (Å²) < 4.78 is 5.58. The molecule has 0 aromatic carbocycles. The van der Waals surface area contributed by atoms with Gasteiger partial charge in [0.15, 0.2) is 0 Å². The van der Waals surface area contributed by atoms with E-state index in [9.17, 15) is 0 Å². The third kappa shape index (κ3) is 4.21. The standard InChI is InChI=1S/C13H23N3OS/c1-11(2)8-14-9-12-10-17-13(15-12)16-4-3-6-18-7-5-16/h10-11,14H,3-9H2,1-2H3. The number of rotatable bonds is 5. The summed E-state index contributed by atoms with van der Waals surface area (Å²) in [5.41, 5.74) is 1.00. The second kappa shape index (κ2) is 7.04. The van der Waals surface area contributed by atoms with E-state index in [0.29, 0.717) is 5.92 Å². The average Bonchev–Trinajstić information content (AvgIpc) is 2.63. The summed E-state index contributed by atoms with van der Waals surface area (Å²) in [4.78, 5) is 6.82. The van der Waals surface area contributed by atoms with Gasteiger partial charge in [-0.2, -0.15) is 16.7 Å². The first kappa shape index (κ1) is 13.7. The Kier molecular flexibility index (Phi) is 5.38. The van der Waals surface area contributed by atoms with Crippen LogP contribution in [0.25, 0.3) is 0 Å². The van der Waals surface area contributed by atoms with E-state index in [-0.39, 0.29) is 0 Å². The highest BCUT2D eigenvalue weighted by Gasteiger charge is 2.15. The Balaban J connectivity index is 1.84. The smallest absolute Gasteiger partial charge is 0.297 e. The first-order valence-corrected chi connectivity index (χ1v) is 7.89. The lowest BCUT2D eigenvalue weighted by Gasteiger charge is -2.16. The van der Waals surface area contributed by atoms with Gasteiger partial charge in [0.05, 0.1) is 5.69 Å². The molecule has 0 radical (unpaired) electrons. The molecule has 0 unspecified atom stereocenters. The molecule has 1 saturated heterocycles. The Hall–Kier alpha value is -0.680. The predicted octanol–water partition coefficient (Wildman–Crippen LogP) is 2.36. The number of nitrogens with one attached hydrogen (secondary N) is 1. The zero-order chi connectivity index (χ0) is 12.8. The predicted molar refractivity (Wildman–Crippen MR) is 77.2 cm³/mol. The van der Waals surface area contributed by atoms with Crippen molar-refractivity contribution in [2.75, 3.05) is 36.0 Å². The number of thioether (sulfide) groups is 1. The van der Waals surface area contributed by atoms with Crippen LogP contribution in [0.5, 0.6) is 0 Å². The van der Waals surface area contributed by atoms with Crippen molar-refractivity contribution in [1.82, 2.24) is 10.3 Å².